The summed E-state index contributed by atoms with van der Waals surface area (Å²) in [6.45, 7) is 10.1. The molecule has 0 aromatic heterocycles. The first-order chi connectivity index (χ1) is 11.3. The summed E-state index contributed by atoms with van der Waals surface area (Å²) < 4.78 is 10.6. The third kappa shape index (κ3) is 4.02. The lowest BCUT2D eigenvalue weighted by atomic mass is 9.91. The van der Waals surface area contributed by atoms with Gasteiger partial charge in [0.2, 0.25) is 0 Å². The number of nitrogens with one attached hydrogen (secondary N) is 1. The quantitative estimate of drug-likeness (QED) is 0.835. The minimum Gasteiger partial charge on any atom is -0.497 e. The molecule has 1 aliphatic heterocycles. The van der Waals surface area contributed by atoms with Crippen molar-refractivity contribution < 1.29 is 14.3 Å². The molecule has 0 fully saturated rings. The molecule has 2 rings (SSSR count). The number of carbonyl (C=O) groups excluding carboxylic acids is 1. The van der Waals surface area contributed by atoms with Gasteiger partial charge < -0.3 is 19.7 Å². The van der Waals surface area contributed by atoms with E-state index in [-0.39, 0.29) is 18.1 Å². The van der Waals surface area contributed by atoms with E-state index in [9.17, 15) is 4.79 Å². The molecule has 1 aliphatic rings. The molecule has 132 valence electrons. The lowest BCUT2D eigenvalue weighted by Gasteiger charge is -2.24. The van der Waals surface area contributed by atoms with Crippen molar-refractivity contribution in [3.8, 4) is 5.75 Å². The summed E-state index contributed by atoms with van der Waals surface area (Å²) in [4.78, 5) is 14.0. The van der Waals surface area contributed by atoms with Gasteiger partial charge in [0, 0.05) is 25.2 Å². The Morgan fingerprint density at radius 1 is 1.42 bits per heavy atom. The van der Waals surface area contributed by atoms with E-state index < -0.39 is 5.60 Å². The highest BCUT2D eigenvalue weighted by Crippen LogP contribution is 2.43. The molecule has 1 amide bonds. The van der Waals surface area contributed by atoms with Gasteiger partial charge in [0.25, 0.3) is 0 Å². The SMILES string of the molecule is C=CC1C(CCNC(=O)OC(C)(C)C)c2cc(OC)ccc2N1C. The molecule has 5 heteroatoms. The number of carbonyl (C=O) groups is 1. The van der Waals surface area contributed by atoms with Gasteiger partial charge >= 0.3 is 6.09 Å². The average molecular weight is 332 g/mol. The maximum absolute atomic E-state index is 11.8. The number of fused-ring (bicyclic) bond motifs is 1. The van der Waals surface area contributed by atoms with Crippen LogP contribution in [0.15, 0.2) is 30.9 Å². The van der Waals surface area contributed by atoms with Crippen molar-refractivity contribution in [2.45, 2.75) is 44.8 Å². The largest absolute Gasteiger partial charge is 0.497 e. The summed E-state index contributed by atoms with van der Waals surface area (Å²) in [6.07, 6.45) is 2.39. The fraction of sp³-hybridized carbons (Fsp3) is 0.526. The van der Waals surface area contributed by atoms with Crippen LogP contribution in [0.1, 0.15) is 38.7 Å². The second kappa shape index (κ2) is 7.16. The van der Waals surface area contributed by atoms with Gasteiger partial charge in [-0.1, -0.05) is 6.08 Å². The van der Waals surface area contributed by atoms with Crippen molar-refractivity contribution in [1.29, 1.82) is 0 Å². The van der Waals surface area contributed by atoms with E-state index in [4.69, 9.17) is 9.47 Å². The summed E-state index contributed by atoms with van der Waals surface area (Å²) in [5.74, 6) is 1.10. The van der Waals surface area contributed by atoms with Gasteiger partial charge in [-0.2, -0.15) is 0 Å². The molecule has 2 unspecified atom stereocenters. The van der Waals surface area contributed by atoms with Crippen LogP contribution in [-0.2, 0) is 4.74 Å². The Kier molecular flexibility index (Phi) is 5.42. The number of hydrogen-bond donors (Lipinski definition) is 1. The summed E-state index contributed by atoms with van der Waals surface area (Å²) in [7, 11) is 3.74. The van der Waals surface area contributed by atoms with Gasteiger partial charge in [0.1, 0.15) is 11.4 Å². The van der Waals surface area contributed by atoms with Crippen LogP contribution in [-0.4, -0.2) is 38.4 Å². The first kappa shape index (κ1) is 18.2. The van der Waals surface area contributed by atoms with Crippen LogP contribution in [0.4, 0.5) is 10.5 Å². The fourth-order valence-corrected chi connectivity index (χ4v) is 3.18. The van der Waals surface area contributed by atoms with Crippen LogP contribution in [0.3, 0.4) is 0 Å². The van der Waals surface area contributed by atoms with Crippen LogP contribution < -0.4 is 15.0 Å². The minimum absolute atomic E-state index is 0.201. The number of likely N-dealkylation sites (N-methyl/N-ethyl adjacent to an activating group) is 1. The lowest BCUT2D eigenvalue weighted by molar-refractivity contribution is 0.0526. The third-order valence-electron chi connectivity index (χ3n) is 4.24. The highest BCUT2D eigenvalue weighted by Gasteiger charge is 2.34. The van der Waals surface area contributed by atoms with Crippen LogP contribution in [0.5, 0.6) is 5.75 Å². The predicted octanol–water partition coefficient (Wildman–Crippen LogP) is 3.70. The maximum Gasteiger partial charge on any atom is 0.407 e. The number of anilines is 1. The van der Waals surface area contributed by atoms with E-state index in [0.29, 0.717) is 6.54 Å². The van der Waals surface area contributed by atoms with Gasteiger partial charge in [-0.15, -0.1) is 6.58 Å². The molecule has 0 saturated carbocycles. The summed E-state index contributed by atoms with van der Waals surface area (Å²) in [6, 6.07) is 6.32. The zero-order chi connectivity index (χ0) is 17.9. The van der Waals surface area contributed by atoms with E-state index >= 15 is 0 Å². The van der Waals surface area contributed by atoms with Gasteiger partial charge in [-0.3, -0.25) is 0 Å². The number of ether oxygens (including phenoxy) is 2. The molecule has 1 aromatic rings. The number of alkyl carbamates (subject to hydrolysis) is 1. The Labute approximate surface area is 144 Å². The van der Waals surface area contributed by atoms with Crippen LogP contribution in [0.25, 0.3) is 0 Å². The van der Waals surface area contributed by atoms with Gasteiger partial charge in [0.15, 0.2) is 0 Å². The van der Waals surface area contributed by atoms with E-state index in [1.165, 1.54) is 11.3 Å². The molecular formula is C19H28N2O3. The minimum atomic E-state index is -0.485. The van der Waals surface area contributed by atoms with Crippen LogP contribution in [0, 0.1) is 0 Å². The Morgan fingerprint density at radius 2 is 2.12 bits per heavy atom. The molecule has 24 heavy (non-hydrogen) atoms. The van der Waals surface area contributed by atoms with Crippen molar-refractivity contribution in [2.75, 3.05) is 25.6 Å². The molecule has 0 bridgehead atoms. The smallest absolute Gasteiger partial charge is 0.407 e. The van der Waals surface area contributed by atoms with Gasteiger partial charge in [-0.05, 0) is 51.0 Å². The summed E-state index contributed by atoms with van der Waals surface area (Å²) in [5, 5.41) is 2.84. The Hall–Kier alpha value is -2.17. The number of hydrogen-bond acceptors (Lipinski definition) is 4. The first-order valence-corrected chi connectivity index (χ1v) is 8.27. The molecule has 0 radical (unpaired) electrons. The molecule has 1 N–H and O–H groups in total. The van der Waals surface area contributed by atoms with E-state index in [1.54, 1.807) is 7.11 Å². The molecule has 1 heterocycles. The maximum atomic E-state index is 11.8. The summed E-state index contributed by atoms with van der Waals surface area (Å²) in [5.41, 5.74) is 1.93. The van der Waals surface area contributed by atoms with Crippen molar-refractivity contribution in [3.63, 3.8) is 0 Å². The molecule has 0 saturated heterocycles. The Balaban J connectivity index is 2.06. The Bertz CT molecular complexity index is 607. The third-order valence-corrected chi connectivity index (χ3v) is 4.24. The predicted molar refractivity (Wildman–Crippen MR) is 97.0 cm³/mol. The molecule has 5 nitrogen and oxygen atoms in total. The number of benzene rings is 1. The fourth-order valence-electron chi connectivity index (χ4n) is 3.18. The number of rotatable bonds is 5. The number of amides is 1. The van der Waals surface area contributed by atoms with Gasteiger partial charge in [0.05, 0.1) is 13.2 Å². The van der Waals surface area contributed by atoms with Crippen molar-refractivity contribution >= 4 is 11.8 Å². The molecule has 0 spiro atoms. The zero-order valence-corrected chi connectivity index (χ0v) is 15.3. The Morgan fingerprint density at radius 3 is 2.71 bits per heavy atom. The van der Waals surface area contributed by atoms with Crippen LogP contribution in [0.2, 0.25) is 0 Å². The number of nitrogens with zero attached hydrogens (tertiary/aromatic N) is 1. The van der Waals surface area contributed by atoms with Gasteiger partial charge in [-0.25, -0.2) is 4.79 Å². The van der Waals surface area contributed by atoms with E-state index in [2.05, 4.69) is 36.0 Å². The number of methoxy groups -OCH3 is 1. The highest BCUT2D eigenvalue weighted by atomic mass is 16.6. The van der Waals surface area contributed by atoms with Crippen molar-refractivity contribution in [3.05, 3.63) is 36.4 Å². The normalized spacial score (nSPS) is 19.6. The topological polar surface area (TPSA) is 50.8 Å². The van der Waals surface area contributed by atoms with Crippen molar-refractivity contribution in [1.82, 2.24) is 5.32 Å². The standard InChI is InChI=1S/C19H28N2O3/c1-7-16-14(10-11-20-18(22)24-19(2,3)4)15-12-13(23-6)8-9-17(15)21(16)5/h7-9,12,14,16H,1,10-11H2,2-6H3,(H,20,22). The highest BCUT2D eigenvalue weighted by molar-refractivity contribution is 5.68. The van der Waals surface area contributed by atoms with Crippen LogP contribution >= 0.6 is 0 Å². The zero-order valence-electron chi connectivity index (χ0n) is 15.3. The average Bonchev–Trinajstić information content (AvgIpc) is 2.77. The van der Waals surface area contributed by atoms with E-state index in [0.717, 1.165) is 12.2 Å². The summed E-state index contributed by atoms with van der Waals surface area (Å²) >= 11 is 0. The second-order valence-electron chi connectivity index (χ2n) is 7.09. The monoisotopic (exact) mass is 332 g/mol. The lowest BCUT2D eigenvalue weighted by Crippen LogP contribution is -2.35. The molecule has 1 aromatic carbocycles. The molecule has 0 aliphatic carbocycles. The van der Waals surface area contributed by atoms with E-state index in [1.807, 2.05) is 32.9 Å². The second-order valence-corrected chi connectivity index (χ2v) is 7.09. The first-order valence-electron chi connectivity index (χ1n) is 8.27. The molecular weight excluding hydrogens is 304 g/mol. The van der Waals surface area contributed by atoms with Crippen molar-refractivity contribution in [2.24, 2.45) is 0 Å². The molecule has 2 atom stereocenters.